The van der Waals surface area contributed by atoms with Crippen molar-refractivity contribution in [1.82, 2.24) is 9.80 Å². The Labute approximate surface area is 108 Å². The highest BCUT2D eigenvalue weighted by atomic mass is 15.4. The summed E-state index contributed by atoms with van der Waals surface area (Å²) < 4.78 is 0. The van der Waals surface area contributed by atoms with Gasteiger partial charge in [0, 0.05) is 25.5 Å². The van der Waals surface area contributed by atoms with Gasteiger partial charge in [0.15, 0.2) is 0 Å². The van der Waals surface area contributed by atoms with E-state index in [2.05, 4.69) is 43.0 Å². The summed E-state index contributed by atoms with van der Waals surface area (Å²) in [6.07, 6.45) is 14.5. The van der Waals surface area contributed by atoms with Crippen molar-refractivity contribution >= 4 is 0 Å². The van der Waals surface area contributed by atoms with E-state index in [1.807, 2.05) is 0 Å². The Balaban J connectivity index is 2.37. The van der Waals surface area contributed by atoms with E-state index in [9.17, 15) is 0 Å². The number of rotatable bonds is 9. The normalized spacial score (nSPS) is 16.2. The van der Waals surface area contributed by atoms with Crippen molar-refractivity contribution in [3.05, 3.63) is 12.4 Å². The molecule has 2 nitrogen and oxygen atoms in total. The number of unbranched alkanes of at least 4 members (excludes halogenated alkanes) is 3. The van der Waals surface area contributed by atoms with Crippen LogP contribution in [-0.4, -0.2) is 29.1 Å². The van der Waals surface area contributed by atoms with Gasteiger partial charge in [-0.25, -0.2) is 0 Å². The summed E-state index contributed by atoms with van der Waals surface area (Å²) in [5, 5.41) is 0. The van der Waals surface area contributed by atoms with Gasteiger partial charge >= 0.3 is 0 Å². The predicted molar refractivity (Wildman–Crippen MR) is 75.7 cm³/mol. The quantitative estimate of drug-likeness (QED) is 0.556. The maximum atomic E-state index is 2.53. The van der Waals surface area contributed by atoms with Crippen LogP contribution in [0.1, 0.15) is 65.7 Å². The van der Waals surface area contributed by atoms with Crippen LogP contribution in [0.3, 0.4) is 0 Å². The summed E-state index contributed by atoms with van der Waals surface area (Å²) in [6.45, 7) is 9.23. The van der Waals surface area contributed by atoms with E-state index in [-0.39, 0.29) is 0 Å². The molecule has 0 N–H and O–H groups in total. The molecule has 0 atom stereocenters. The monoisotopic (exact) mass is 238 g/mol. The summed E-state index contributed by atoms with van der Waals surface area (Å²) in [7, 11) is 0. The highest BCUT2D eigenvalue weighted by molar-refractivity contribution is 4.96. The molecule has 0 saturated heterocycles. The van der Waals surface area contributed by atoms with Crippen molar-refractivity contribution in [1.29, 1.82) is 0 Å². The number of nitrogens with zero attached hydrogens (tertiary/aromatic N) is 2. The van der Waals surface area contributed by atoms with E-state index in [0.29, 0.717) is 6.17 Å². The average Bonchev–Trinajstić information content (AvgIpc) is 2.69. The molecule has 0 aromatic rings. The first-order valence-corrected chi connectivity index (χ1v) is 7.53. The highest BCUT2D eigenvalue weighted by Crippen LogP contribution is 2.21. The summed E-state index contributed by atoms with van der Waals surface area (Å²) in [4.78, 5) is 5.06. The Bertz CT molecular complexity index is 197. The zero-order chi connectivity index (χ0) is 12.5. The van der Waals surface area contributed by atoms with Crippen LogP contribution in [-0.2, 0) is 0 Å². The van der Waals surface area contributed by atoms with Gasteiger partial charge in [-0.05, 0) is 25.7 Å². The van der Waals surface area contributed by atoms with Crippen LogP contribution in [0, 0.1) is 0 Å². The Hall–Kier alpha value is -0.660. The second kappa shape index (κ2) is 8.43. The molecule has 100 valence electrons. The van der Waals surface area contributed by atoms with E-state index in [1.54, 1.807) is 0 Å². The van der Waals surface area contributed by atoms with Crippen LogP contribution >= 0.6 is 0 Å². The van der Waals surface area contributed by atoms with Gasteiger partial charge in [0.1, 0.15) is 6.17 Å². The fourth-order valence-corrected chi connectivity index (χ4v) is 2.61. The average molecular weight is 238 g/mol. The third-order valence-corrected chi connectivity index (χ3v) is 3.49. The molecular formula is C15H30N2. The zero-order valence-corrected chi connectivity index (χ0v) is 12.0. The molecule has 0 unspecified atom stereocenters. The predicted octanol–water partition coefficient (Wildman–Crippen LogP) is 4.19. The molecule has 0 bridgehead atoms. The molecule has 1 aliphatic heterocycles. The summed E-state index contributed by atoms with van der Waals surface area (Å²) in [5.74, 6) is 0. The first-order valence-electron chi connectivity index (χ1n) is 7.53. The lowest BCUT2D eigenvalue weighted by Crippen LogP contribution is -2.39. The van der Waals surface area contributed by atoms with E-state index >= 15 is 0 Å². The van der Waals surface area contributed by atoms with Crippen molar-refractivity contribution in [3.63, 3.8) is 0 Å². The Morgan fingerprint density at radius 2 is 1.35 bits per heavy atom. The van der Waals surface area contributed by atoms with Crippen LogP contribution in [0.5, 0.6) is 0 Å². The van der Waals surface area contributed by atoms with Crippen LogP contribution in [0.2, 0.25) is 0 Å². The van der Waals surface area contributed by atoms with E-state index in [0.717, 1.165) is 0 Å². The molecule has 0 fully saturated rings. The maximum absolute atomic E-state index is 2.53. The van der Waals surface area contributed by atoms with Crippen molar-refractivity contribution in [3.8, 4) is 0 Å². The van der Waals surface area contributed by atoms with Crippen molar-refractivity contribution in [2.75, 3.05) is 13.1 Å². The molecule has 1 heterocycles. The lowest BCUT2D eigenvalue weighted by Gasteiger charge is -2.32. The van der Waals surface area contributed by atoms with Gasteiger partial charge in [0.25, 0.3) is 0 Å². The van der Waals surface area contributed by atoms with Gasteiger partial charge in [0.05, 0.1) is 0 Å². The fraction of sp³-hybridized carbons (Fsp3) is 0.867. The lowest BCUT2D eigenvalue weighted by atomic mass is 10.1. The second-order valence-corrected chi connectivity index (χ2v) is 5.10. The SMILES string of the molecule is CCCCCCC1N(CCC)C=CN1CCC. The van der Waals surface area contributed by atoms with Gasteiger partial charge in [-0.2, -0.15) is 0 Å². The molecular weight excluding hydrogens is 208 g/mol. The topological polar surface area (TPSA) is 6.48 Å². The first kappa shape index (κ1) is 14.4. The van der Waals surface area contributed by atoms with Crippen molar-refractivity contribution in [2.45, 2.75) is 71.9 Å². The first-order chi connectivity index (χ1) is 8.33. The molecule has 1 rings (SSSR count). The van der Waals surface area contributed by atoms with Gasteiger partial charge in [0.2, 0.25) is 0 Å². The number of hydrogen-bond acceptors (Lipinski definition) is 2. The van der Waals surface area contributed by atoms with Gasteiger partial charge in [-0.1, -0.05) is 40.0 Å². The molecule has 0 saturated carbocycles. The lowest BCUT2D eigenvalue weighted by molar-refractivity contribution is 0.139. The molecule has 1 aliphatic rings. The fourth-order valence-electron chi connectivity index (χ4n) is 2.61. The summed E-state index contributed by atoms with van der Waals surface area (Å²) >= 11 is 0. The molecule has 0 aromatic carbocycles. The third-order valence-electron chi connectivity index (χ3n) is 3.49. The summed E-state index contributed by atoms with van der Waals surface area (Å²) in [5.41, 5.74) is 0. The highest BCUT2D eigenvalue weighted by Gasteiger charge is 2.24. The molecule has 17 heavy (non-hydrogen) atoms. The maximum Gasteiger partial charge on any atom is 0.101 e. The molecule has 0 aromatic heterocycles. The van der Waals surface area contributed by atoms with Crippen LogP contribution in [0.25, 0.3) is 0 Å². The standard InChI is InChI=1S/C15H30N2/c1-4-7-8-9-10-15-16(11-5-2)13-14-17(15)12-6-3/h13-15H,4-12H2,1-3H3. The minimum absolute atomic E-state index is 0.645. The van der Waals surface area contributed by atoms with Crippen LogP contribution in [0.4, 0.5) is 0 Å². The molecule has 0 amide bonds. The van der Waals surface area contributed by atoms with E-state index < -0.39 is 0 Å². The minimum Gasteiger partial charge on any atom is -0.356 e. The minimum atomic E-state index is 0.645. The van der Waals surface area contributed by atoms with Crippen LogP contribution < -0.4 is 0 Å². The smallest absolute Gasteiger partial charge is 0.101 e. The Morgan fingerprint density at radius 3 is 1.82 bits per heavy atom. The molecule has 0 radical (unpaired) electrons. The van der Waals surface area contributed by atoms with Gasteiger partial charge < -0.3 is 9.80 Å². The van der Waals surface area contributed by atoms with Crippen molar-refractivity contribution in [2.24, 2.45) is 0 Å². The van der Waals surface area contributed by atoms with E-state index in [4.69, 9.17) is 0 Å². The van der Waals surface area contributed by atoms with Gasteiger partial charge in [-0.3, -0.25) is 0 Å². The number of hydrogen-bond donors (Lipinski definition) is 0. The van der Waals surface area contributed by atoms with Crippen LogP contribution in [0.15, 0.2) is 12.4 Å². The third kappa shape index (κ3) is 4.61. The van der Waals surface area contributed by atoms with E-state index in [1.165, 1.54) is 58.0 Å². The second-order valence-electron chi connectivity index (χ2n) is 5.10. The molecule has 2 heteroatoms. The largest absolute Gasteiger partial charge is 0.356 e. The summed E-state index contributed by atoms with van der Waals surface area (Å²) in [6, 6.07) is 0. The Kier molecular flexibility index (Phi) is 7.14. The zero-order valence-electron chi connectivity index (χ0n) is 12.0. The molecule has 0 spiro atoms. The molecule has 0 aliphatic carbocycles. The van der Waals surface area contributed by atoms with Gasteiger partial charge in [-0.15, -0.1) is 0 Å². The Morgan fingerprint density at radius 1 is 0.765 bits per heavy atom. The van der Waals surface area contributed by atoms with Crippen molar-refractivity contribution < 1.29 is 0 Å².